The Labute approximate surface area is 95.7 Å². The van der Waals surface area contributed by atoms with Gasteiger partial charge < -0.3 is 0 Å². The first-order valence-corrected chi connectivity index (χ1v) is 5.63. The maximum absolute atomic E-state index is 6.00. The molecule has 5 heteroatoms. The van der Waals surface area contributed by atoms with Crippen molar-refractivity contribution in [1.29, 1.82) is 0 Å². The van der Waals surface area contributed by atoms with E-state index in [1.165, 1.54) is 11.5 Å². The summed E-state index contributed by atoms with van der Waals surface area (Å²) in [6.07, 6.45) is 0. The molecule has 0 aliphatic rings. The van der Waals surface area contributed by atoms with Crippen LogP contribution >= 0.6 is 34.7 Å². The SMILES string of the molecule is ClCc1nc(-c2ccccc2Cl)ns1. The fourth-order valence-electron chi connectivity index (χ4n) is 1.06. The molecule has 0 saturated carbocycles. The second kappa shape index (κ2) is 4.26. The van der Waals surface area contributed by atoms with Gasteiger partial charge in [-0.1, -0.05) is 23.7 Å². The van der Waals surface area contributed by atoms with Crippen molar-refractivity contribution in [3.63, 3.8) is 0 Å². The second-order valence-corrected chi connectivity index (χ2v) is 4.14. The zero-order valence-corrected chi connectivity index (χ0v) is 9.40. The van der Waals surface area contributed by atoms with Gasteiger partial charge in [0, 0.05) is 5.56 Å². The van der Waals surface area contributed by atoms with Crippen LogP contribution in [0.15, 0.2) is 24.3 Å². The van der Waals surface area contributed by atoms with Crippen molar-refractivity contribution < 1.29 is 0 Å². The summed E-state index contributed by atoms with van der Waals surface area (Å²) in [5, 5.41) is 1.47. The number of halogens is 2. The second-order valence-electron chi connectivity index (χ2n) is 2.63. The summed E-state index contributed by atoms with van der Waals surface area (Å²) in [5.74, 6) is 1.04. The predicted molar refractivity (Wildman–Crippen MR) is 59.9 cm³/mol. The van der Waals surface area contributed by atoms with E-state index in [1.807, 2.05) is 24.3 Å². The molecular formula is C9H6Cl2N2S. The van der Waals surface area contributed by atoms with Crippen LogP contribution < -0.4 is 0 Å². The van der Waals surface area contributed by atoms with Crippen LogP contribution in [0.2, 0.25) is 5.02 Å². The van der Waals surface area contributed by atoms with Crippen LogP contribution in [0.5, 0.6) is 0 Å². The summed E-state index contributed by atoms with van der Waals surface area (Å²) in [7, 11) is 0. The molecule has 1 heterocycles. The number of alkyl halides is 1. The van der Waals surface area contributed by atoms with E-state index in [9.17, 15) is 0 Å². The molecule has 2 nitrogen and oxygen atoms in total. The van der Waals surface area contributed by atoms with Gasteiger partial charge in [0.25, 0.3) is 0 Å². The molecule has 0 aliphatic heterocycles. The molecule has 0 spiro atoms. The molecule has 0 unspecified atom stereocenters. The minimum absolute atomic E-state index is 0.391. The molecular weight excluding hydrogens is 239 g/mol. The smallest absolute Gasteiger partial charge is 0.174 e. The summed E-state index contributed by atoms with van der Waals surface area (Å²) in [6, 6.07) is 7.49. The number of nitrogens with zero attached hydrogens (tertiary/aromatic N) is 2. The maximum atomic E-state index is 6.00. The molecule has 72 valence electrons. The van der Waals surface area contributed by atoms with Gasteiger partial charge in [0.15, 0.2) is 5.82 Å². The lowest BCUT2D eigenvalue weighted by Crippen LogP contribution is -1.82. The van der Waals surface area contributed by atoms with Gasteiger partial charge in [-0.2, -0.15) is 4.37 Å². The molecule has 0 aliphatic carbocycles. The Bertz CT molecular complexity index is 442. The van der Waals surface area contributed by atoms with Gasteiger partial charge in [-0.3, -0.25) is 0 Å². The molecule has 0 radical (unpaired) electrons. The van der Waals surface area contributed by atoms with Gasteiger partial charge in [-0.25, -0.2) is 4.98 Å². The average Bonchev–Trinajstić information content (AvgIpc) is 2.67. The molecule has 2 aromatic rings. The zero-order valence-electron chi connectivity index (χ0n) is 7.08. The fourth-order valence-corrected chi connectivity index (χ4v) is 1.99. The molecule has 0 fully saturated rings. The van der Waals surface area contributed by atoms with Crippen LogP contribution in [-0.2, 0) is 5.88 Å². The number of hydrogen-bond acceptors (Lipinski definition) is 3. The molecule has 1 aromatic carbocycles. The lowest BCUT2D eigenvalue weighted by atomic mass is 10.2. The van der Waals surface area contributed by atoms with E-state index < -0.39 is 0 Å². The topological polar surface area (TPSA) is 25.8 Å². The van der Waals surface area contributed by atoms with E-state index in [0.717, 1.165) is 10.6 Å². The summed E-state index contributed by atoms with van der Waals surface area (Å²) < 4.78 is 4.18. The van der Waals surface area contributed by atoms with Crippen molar-refractivity contribution in [3.05, 3.63) is 34.3 Å². The Kier molecular flexibility index (Phi) is 3.01. The molecule has 0 bridgehead atoms. The van der Waals surface area contributed by atoms with E-state index in [0.29, 0.717) is 16.7 Å². The van der Waals surface area contributed by atoms with Crippen LogP contribution in [0.3, 0.4) is 0 Å². The minimum atomic E-state index is 0.391. The zero-order chi connectivity index (χ0) is 9.97. The first-order chi connectivity index (χ1) is 6.81. The van der Waals surface area contributed by atoms with E-state index in [-0.39, 0.29) is 0 Å². The number of benzene rings is 1. The fraction of sp³-hybridized carbons (Fsp3) is 0.111. The van der Waals surface area contributed by atoms with Crippen LogP contribution in [0.4, 0.5) is 0 Å². The number of rotatable bonds is 2. The van der Waals surface area contributed by atoms with Crippen LogP contribution in [-0.4, -0.2) is 9.36 Å². The number of hydrogen-bond donors (Lipinski definition) is 0. The third-order valence-electron chi connectivity index (χ3n) is 1.70. The molecule has 0 amide bonds. The minimum Gasteiger partial charge on any atom is -0.218 e. The first-order valence-electron chi connectivity index (χ1n) is 3.94. The molecule has 14 heavy (non-hydrogen) atoms. The highest BCUT2D eigenvalue weighted by Crippen LogP contribution is 2.26. The van der Waals surface area contributed by atoms with Gasteiger partial charge in [0.1, 0.15) is 5.01 Å². The lowest BCUT2D eigenvalue weighted by molar-refractivity contribution is 1.23. The molecule has 0 N–H and O–H groups in total. The van der Waals surface area contributed by atoms with Crippen molar-refractivity contribution in [2.24, 2.45) is 0 Å². The predicted octanol–water partition coefficient (Wildman–Crippen LogP) is 3.60. The van der Waals surface area contributed by atoms with Gasteiger partial charge in [-0.15, -0.1) is 11.6 Å². The molecule has 1 aromatic heterocycles. The van der Waals surface area contributed by atoms with Crippen molar-refractivity contribution in [1.82, 2.24) is 9.36 Å². The highest BCUT2D eigenvalue weighted by atomic mass is 35.5. The van der Waals surface area contributed by atoms with E-state index >= 15 is 0 Å². The molecule has 2 rings (SSSR count). The van der Waals surface area contributed by atoms with Crippen LogP contribution in [0, 0.1) is 0 Å². The van der Waals surface area contributed by atoms with E-state index in [4.69, 9.17) is 23.2 Å². The number of aromatic nitrogens is 2. The summed E-state index contributed by atoms with van der Waals surface area (Å²) in [4.78, 5) is 4.25. The van der Waals surface area contributed by atoms with Crippen molar-refractivity contribution >= 4 is 34.7 Å². The van der Waals surface area contributed by atoms with Gasteiger partial charge in [0.05, 0.1) is 10.9 Å². The average molecular weight is 245 g/mol. The third kappa shape index (κ3) is 1.90. The van der Waals surface area contributed by atoms with Crippen LogP contribution in [0.25, 0.3) is 11.4 Å². The Morgan fingerprint density at radius 3 is 2.71 bits per heavy atom. The third-order valence-corrected chi connectivity index (χ3v) is 3.15. The largest absolute Gasteiger partial charge is 0.218 e. The summed E-state index contributed by atoms with van der Waals surface area (Å²) in [5.41, 5.74) is 0.849. The highest BCUT2D eigenvalue weighted by Gasteiger charge is 2.08. The normalized spacial score (nSPS) is 10.4. The summed E-state index contributed by atoms with van der Waals surface area (Å²) in [6.45, 7) is 0. The highest BCUT2D eigenvalue weighted by molar-refractivity contribution is 7.05. The van der Waals surface area contributed by atoms with Gasteiger partial charge >= 0.3 is 0 Å². The Hall–Kier alpha value is -0.640. The maximum Gasteiger partial charge on any atom is 0.174 e. The van der Waals surface area contributed by atoms with E-state index in [1.54, 1.807) is 0 Å². The van der Waals surface area contributed by atoms with E-state index in [2.05, 4.69) is 9.36 Å². The van der Waals surface area contributed by atoms with Gasteiger partial charge in [-0.05, 0) is 23.7 Å². The Balaban J connectivity index is 2.44. The Morgan fingerprint density at radius 2 is 2.07 bits per heavy atom. The van der Waals surface area contributed by atoms with Gasteiger partial charge in [0.2, 0.25) is 0 Å². The van der Waals surface area contributed by atoms with Crippen molar-refractivity contribution in [3.8, 4) is 11.4 Å². The molecule has 0 atom stereocenters. The Morgan fingerprint density at radius 1 is 1.29 bits per heavy atom. The monoisotopic (exact) mass is 244 g/mol. The van der Waals surface area contributed by atoms with Crippen LogP contribution in [0.1, 0.15) is 5.01 Å². The van der Waals surface area contributed by atoms with Crippen molar-refractivity contribution in [2.75, 3.05) is 0 Å². The summed E-state index contributed by atoms with van der Waals surface area (Å²) >= 11 is 12.9. The molecule has 0 saturated heterocycles. The first kappa shape index (κ1) is 9.90. The lowest BCUT2D eigenvalue weighted by Gasteiger charge is -1.96. The van der Waals surface area contributed by atoms with Crippen molar-refractivity contribution in [2.45, 2.75) is 5.88 Å². The quantitative estimate of drug-likeness (QED) is 0.755. The standard InChI is InChI=1S/C9H6Cl2N2S/c10-5-8-12-9(13-14-8)6-3-1-2-4-7(6)11/h1-4H,5H2.